The van der Waals surface area contributed by atoms with E-state index >= 15 is 0 Å². The van der Waals surface area contributed by atoms with E-state index in [1.165, 1.54) is 21.4 Å². The molecular formula is C26H34N6OS. The molecule has 1 N–H and O–H groups in total. The Balaban J connectivity index is 1.37. The van der Waals surface area contributed by atoms with Crippen molar-refractivity contribution in [1.82, 2.24) is 19.8 Å². The lowest BCUT2D eigenvalue weighted by Crippen LogP contribution is -2.50. The molecule has 2 amide bonds. The summed E-state index contributed by atoms with van der Waals surface area (Å²) in [5.41, 5.74) is 3.46. The van der Waals surface area contributed by atoms with Crippen molar-refractivity contribution >= 4 is 39.1 Å². The topological polar surface area (TPSA) is 64.6 Å². The number of benzene rings is 1. The van der Waals surface area contributed by atoms with E-state index in [2.05, 4.69) is 35.9 Å². The number of carbonyl (C=O) groups is 1. The van der Waals surface area contributed by atoms with Crippen LogP contribution in [0.2, 0.25) is 0 Å². The Morgan fingerprint density at radius 3 is 2.50 bits per heavy atom. The van der Waals surface area contributed by atoms with Crippen LogP contribution in [0.1, 0.15) is 48.5 Å². The first-order valence-electron chi connectivity index (χ1n) is 12.3. The van der Waals surface area contributed by atoms with E-state index in [1.807, 2.05) is 47.4 Å². The molecule has 2 aliphatic rings. The summed E-state index contributed by atoms with van der Waals surface area (Å²) in [6.07, 6.45) is 1.06. The van der Waals surface area contributed by atoms with Crippen molar-refractivity contribution in [2.45, 2.75) is 46.6 Å². The Bertz CT molecular complexity index is 1180. The molecule has 0 radical (unpaired) electrons. The number of nitrogens with zero attached hydrogens (tertiary/aromatic N) is 5. The second-order valence-electron chi connectivity index (χ2n) is 9.63. The summed E-state index contributed by atoms with van der Waals surface area (Å²) in [6.45, 7) is 14.7. The Kier molecular flexibility index (Phi) is 6.44. The highest BCUT2D eigenvalue weighted by molar-refractivity contribution is 7.19. The number of likely N-dealkylation sites (N-methyl/N-ethyl adjacent to an activating group) is 1. The fraction of sp³-hybridized carbons (Fsp3) is 0.500. The van der Waals surface area contributed by atoms with Gasteiger partial charge in [0.25, 0.3) is 0 Å². The maximum atomic E-state index is 12.8. The van der Waals surface area contributed by atoms with Crippen LogP contribution in [0.3, 0.4) is 0 Å². The molecule has 2 aromatic heterocycles. The van der Waals surface area contributed by atoms with Gasteiger partial charge in [0, 0.05) is 55.8 Å². The Hall–Kier alpha value is -2.71. The third-order valence-corrected chi connectivity index (χ3v) is 8.02. The molecular weight excluding hydrogens is 444 g/mol. The van der Waals surface area contributed by atoms with E-state index in [1.54, 1.807) is 0 Å². The first-order valence-corrected chi connectivity index (χ1v) is 13.2. The van der Waals surface area contributed by atoms with E-state index in [-0.39, 0.29) is 11.9 Å². The van der Waals surface area contributed by atoms with Crippen LogP contribution in [-0.4, -0.2) is 65.1 Å². The number of nitrogens with one attached hydrogen (secondary N) is 1. The van der Waals surface area contributed by atoms with Crippen molar-refractivity contribution in [2.75, 3.05) is 49.5 Å². The third-order valence-electron chi connectivity index (χ3n) is 6.91. The highest BCUT2D eigenvalue weighted by Gasteiger charge is 2.29. The van der Waals surface area contributed by atoms with Crippen molar-refractivity contribution < 1.29 is 4.79 Å². The molecule has 5 rings (SSSR count). The van der Waals surface area contributed by atoms with Gasteiger partial charge in [-0.3, -0.25) is 4.90 Å². The summed E-state index contributed by atoms with van der Waals surface area (Å²) in [5, 5.41) is 4.28. The van der Waals surface area contributed by atoms with Crippen LogP contribution in [-0.2, 0) is 13.0 Å². The highest BCUT2D eigenvalue weighted by atomic mass is 32.1. The minimum Gasteiger partial charge on any atom is -0.352 e. The number of rotatable bonds is 4. The first kappa shape index (κ1) is 23.1. The largest absolute Gasteiger partial charge is 0.352 e. The summed E-state index contributed by atoms with van der Waals surface area (Å²) in [7, 11) is 0. The molecule has 0 unspecified atom stereocenters. The number of piperazine rings is 1. The van der Waals surface area contributed by atoms with Crippen molar-refractivity contribution in [3.05, 3.63) is 46.1 Å². The average Bonchev–Trinajstić information content (AvgIpc) is 3.22. The SMILES string of the molecule is CCN1CCc2c(sc3nc(C(C)C)nc(N4CCN(C(=O)Nc5ccc(C)cc5)CC4)c23)C1. The predicted molar refractivity (Wildman–Crippen MR) is 140 cm³/mol. The molecule has 8 heteroatoms. The lowest BCUT2D eigenvalue weighted by molar-refractivity contribution is 0.208. The number of amides is 2. The number of carbonyl (C=O) groups excluding carboxylic acids is 1. The summed E-state index contributed by atoms with van der Waals surface area (Å²) in [5.74, 6) is 2.25. The molecule has 0 saturated carbocycles. The van der Waals surface area contributed by atoms with E-state index in [4.69, 9.17) is 9.97 Å². The van der Waals surface area contributed by atoms with Crippen molar-refractivity contribution in [2.24, 2.45) is 0 Å². The molecule has 0 spiro atoms. The standard InChI is InChI=1S/C26H34N6OS/c1-5-30-11-10-20-21(16-30)34-25-22(20)24(28-23(29-25)17(2)3)31-12-14-32(15-13-31)26(33)27-19-8-6-18(4)7-9-19/h6-9,17H,5,10-16H2,1-4H3,(H,27,33). The molecule has 0 atom stereocenters. The smallest absolute Gasteiger partial charge is 0.321 e. The maximum absolute atomic E-state index is 12.8. The predicted octanol–water partition coefficient (Wildman–Crippen LogP) is 4.86. The number of aromatic nitrogens is 2. The summed E-state index contributed by atoms with van der Waals surface area (Å²) >= 11 is 1.84. The molecule has 0 aliphatic carbocycles. The number of anilines is 2. The van der Waals surface area contributed by atoms with Crippen LogP contribution in [0.25, 0.3) is 10.2 Å². The molecule has 180 valence electrons. The number of urea groups is 1. The van der Waals surface area contributed by atoms with E-state index in [9.17, 15) is 4.79 Å². The summed E-state index contributed by atoms with van der Waals surface area (Å²) < 4.78 is 0. The molecule has 34 heavy (non-hydrogen) atoms. The van der Waals surface area contributed by atoms with Crippen LogP contribution >= 0.6 is 11.3 Å². The molecule has 1 saturated heterocycles. The molecule has 2 aliphatic heterocycles. The number of fused-ring (bicyclic) bond motifs is 3. The Labute approximate surface area is 205 Å². The van der Waals surface area contributed by atoms with Crippen molar-refractivity contribution in [3.63, 3.8) is 0 Å². The zero-order valence-corrected chi connectivity index (χ0v) is 21.4. The van der Waals surface area contributed by atoms with Gasteiger partial charge in [-0.25, -0.2) is 14.8 Å². The highest BCUT2D eigenvalue weighted by Crippen LogP contribution is 2.39. The lowest BCUT2D eigenvalue weighted by Gasteiger charge is -2.36. The van der Waals surface area contributed by atoms with Crippen LogP contribution in [0.5, 0.6) is 0 Å². The molecule has 1 fully saturated rings. The van der Waals surface area contributed by atoms with Gasteiger partial charge in [-0.05, 0) is 37.6 Å². The van der Waals surface area contributed by atoms with E-state index in [0.717, 1.165) is 61.3 Å². The van der Waals surface area contributed by atoms with Gasteiger partial charge in [0.05, 0.1) is 5.39 Å². The van der Waals surface area contributed by atoms with E-state index < -0.39 is 0 Å². The van der Waals surface area contributed by atoms with Gasteiger partial charge < -0.3 is 15.1 Å². The molecule has 7 nitrogen and oxygen atoms in total. The van der Waals surface area contributed by atoms with Crippen molar-refractivity contribution in [1.29, 1.82) is 0 Å². The molecule has 0 bridgehead atoms. The Morgan fingerprint density at radius 1 is 1.09 bits per heavy atom. The first-order chi connectivity index (χ1) is 16.4. The summed E-state index contributed by atoms with van der Waals surface area (Å²) in [6, 6.07) is 7.90. The van der Waals surface area contributed by atoms with Crippen LogP contribution < -0.4 is 10.2 Å². The number of hydrogen-bond acceptors (Lipinski definition) is 6. The number of aryl methyl sites for hydroxylation is 1. The van der Waals surface area contributed by atoms with Gasteiger partial charge in [-0.1, -0.05) is 38.5 Å². The van der Waals surface area contributed by atoms with Gasteiger partial charge in [-0.15, -0.1) is 11.3 Å². The van der Waals surface area contributed by atoms with Gasteiger partial charge >= 0.3 is 6.03 Å². The van der Waals surface area contributed by atoms with Crippen molar-refractivity contribution in [3.8, 4) is 0 Å². The zero-order chi connectivity index (χ0) is 23.8. The number of thiophene rings is 1. The van der Waals surface area contributed by atoms with Crippen LogP contribution in [0, 0.1) is 6.92 Å². The molecule has 4 heterocycles. The quantitative estimate of drug-likeness (QED) is 0.580. The number of hydrogen-bond donors (Lipinski definition) is 1. The maximum Gasteiger partial charge on any atom is 0.321 e. The van der Waals surface area contributed by atoms with E-state index in [0.29, 0.717) is 13.1 Å². The van der Waals surface area contributed by atoms with Crippen LogP contribution in [0.4, 0.5) is 16.3 Å². The third kappa shape index (κ3) is 4.49. The minimum atomic E-state index is -0.0354. The fourth-order valence-electron chi connectivity index (χ4n) is 4.76. The fourth-order valence-corrected chi connectivity index (χ4v) is 6.03. The monoisotopic (exact) mass is 478 g/mol. The average molecular weight is 479 g/mol. The second kappa shape index (κ2) is 9.50. The van der Waals surface area contributed by atoms with Crippen LogP contribution in [0.15, 0.2) is 24.3 Å². The van der Waals surface area contributed by atoms with Gasteiger partial charge in [-0.2, -0.15) is 0 Å². The van der Waals surface area contributed by atoms with Gasteiger partial charge in [0.2, 0.25) is 0 Å². The zero-order valence-electron chi connectivity index (χ0n) is 20.6. The Morgan fingerprint density at radius 2 is 1.82 bits per heavy atom. The van der Waals surface area contributed by atoms with Gasteiger partial charge in [0.15, 0.2) is 0 Å². The lowest BCUT2D eigenvalue weighted by atomic mass is 10.0. The summed E-state index contributed by atoms with van der Waals surface area (Å²) in [4.78, 5) is 32.2. The normalized spacial score (nSPS) is 16.9. The second-order valence-corrected chi connectivity index (χ2v) is 10.7. The molecule has 3 aromatic rings. The van der Waals surface area contributed by atoms with Gasteiger partial charge in [0.1, 0.15) is 16.5 Å². The molecule has 1 aromatic carbocycles. The minimum absolute atomic E-state index is 0.0354.